The van der Waals surface area contributed by atoms with Gasteiger partial charge in [0, 0.05) is 62.0 Å². The molecule has 2 N–H and O–H groups in total. The number of anilines is 2. The molecular formula is C37H37ClN4O5. The van der Waals surface area contributed by atoms with E-state index in [9.17, 15) is 19.2 Å². The van der Waals surface area contributed by atoms with Crippen LogP contribution in [0.25, 0.3) is 11.0 Å². The fourth-order valence-corrected chi connectivity index (χ4v) is 6.46. The van der Waals surface area contributed by atoms with Gasteiger partial charge >= 0.3 is 0 Å². The summed E-state index contributed by atoms with van der Waals surface area (Å²) < 4.78 is 5.86. The summed E-state index contributed by atoms with van der Waals surface area (Å²) in [5.41, 5.74) is 4.91. The maximum absolute atomic E-state index is 13.5. The van der Waals surface area contributed by atoms with Crippen molar-refractivity contribution in [1.29, 1.82) is 0 Å². The second-order valence-electron chi connectivity index (χ2n) is 12.1. The lowest BCUT2D eigenvalue weighted by Gasteiger charge is -2.33. The Balaban J connectivity index is 1.19. The molecule has 2 fully saturated rings. The molecule has 0 aliphatic carbocycles. The minimum absolute atomic E-state index is 0.0859. The summed E-state index contributed by atoms with van der Waals surface area (Å²) in [7, 11) is 0. The molecule has 3 amide bonds. The third-order valence-corrected chi connectivity index (χ3v) is 8.92. The topological polar surface area (TPSA) is 112 Å². The predicted octanol–water partition coefficient (Wildman–Crippen LogP) is 6.10. The van der Waals surface area contributed by atoms with Crippen LogP contribution in [0, 0.1) is 0 Å². The summed E-state index contributed by atoms with van der Waals surface area (Å²) in [5.74, 6) is -0.612. The molecule has 242 valence electrons. The van der Waals surface area contributed by atoms with Gasteiger partial charge in [-0.05, 0) is 73.2 Å². The molecule has 3 aromatic carbocycles. The highest BCUT2D eigenvalue weighted by atomic mass is 35.5. The zero-order valence-corrected chi connectivity index (χ0v) is 27.0. The number of para-hydroxylation sites is 1. The van der Waals surface area contributed by atoms with Gasteiger partial charge in [-0.25, -0.2) is 0 Å². The number of fused-ring (bicyclic) bond motifs is 1. The number of halogens is 1. The van der Waals surface area contributed by atoms with E-state index < -0.39 is 5.91 Å². The Morgan fingerprint density at radius 3 is 2.45 bits per heavy atom. The summed E-state index contributed by atoms with van der Waals surface area (Å²) in [5, 5.41) is 6.64. The number of hydrogen-bond acceptors (Lipinski definition) is 6. The van der Waals surface area contributed by atoms with Gasteiger partial charge in [0.25, 0.3) is 5.91 Å². The first-order valence-electron chi connectivity index (χ1n) is 15.9. The van der Waals surface area contributed by atoms with E-state index in [1.165, 1.54) is 24.6 Å². The van der Waals surface area contributed by atoms with Crippen molar-refractivity contribution in [3.05, 3.63) is 117 Å². The van der Waals surface area contributed by atoms with E-state index in [1.807, 2.05) is 41.3 Å². The summed E-state index contributed by atoms with van der Waals surface area (Å²) in [6, 6.07) is 21.4. The minimum Gasteiger partial charge on any atom is -0.451 e. The molecule has 0 radical (unpaired) electrons. The molecule has 6 rings (SSSR count). The second kappa shape index (κ2) is 14.3. The average molecular weight is 653 g/mol. The fraction of sp³-hybridized carbons (Fsp3) is 0.297. The normalized spacial score (nSPS) is 15.5. The van der Waals surface area contributed by atoms with Crippen LogP contribution in [-0.2, 0) is 22.6 Å². The Hall–Kier alpha value is -4.89. The third-order valence-electron chi connectivity index (χ3n) is 8.66. The maximum atomic E-state index is 13.5. The Morgan fingerprint density at radius 1 is 0.957 bits per heavy atom. The Morgan fingerprint density at radius 2 is 1.72 bits per heavy atom. The van der Waals surface area contributed by atoms with Gasteiger partial charge in [-0.15, -0.1) is 0 Å². The van der Waals surface area contributed by atoms with Gasteiger partial charge in [0.2, 0.25) is 11.8 Å². The van der Waals surface area contributed by atoms with Crippen LogP contribution in [0.2, 0.25) is 5.02 Å². The monoisotopic (exact) mass is 652 g/mol. The average Bonchev–Trinajstić information content (AvgIpc) is 3.46. The molecule has 0 saturated carbocycles. The Labute approximate surface area is 278 Å². The van der Waals surface area contributed by atoms with Crippen molar-refractivity contribution in [2.45, 2.75) is 51.6 Å². The lowest BCUT2D eigenvalue weighted by Crippen LogP contribution is -2.37. The van der Waals surface area contributed by atoms with Gasteiger partial charge in [0.05, 0.1) is 11.4 Å². The summed E-state index contributed by atoms with van der Waals surface area (Å²) >= 11 is 6.13. The van der Waals surface area contributed by atoms with Crippen LogP contribution in [0.5, 0.6) is 0 Å². The van der Waals surface area contributed by atoms with Gasteiger partial charge in [-0.3, -0.25) is 19.2 Å². The number of amides is 3. The molecule has 1 atom stereocenters. The van der Waals surface area contributed by atoms with Gasteiger partial charge in [0.1, 0.15) is 5.58 Å². The van der Waals surface area contributed by atoms with Crippen molar-refractivity contribution < 1.29 is 18.8 Å². The number of nitrogens with zero attached hydrogens (tertiary/aromatic N) is 2. The number of piperidine rings is 1. The highest BCUT2D eigenvalue weighted by Gasteiger charge is 2.24. The molecule has 0 unspecified atom stereocenters. The summed E-state index contributed by atoms with van der Waals surface area (Å²) in [6.07, 6.45) is 5.84. The molecule has 47 heavy (non-hydrogen) atoms. The highest BCUT2D eigenvalue weighted by molar-refractivity contribution is 6.30. The standard InChI is InChI=1S/C37H37ClN4O5/c1-24(43)39-29-12-13-34-31(21-29)33(44)22-35(47-34)37(46)40-30(19-25-8-10-28(38)11-9-25)20-26-14-17-41(18-15-26)32-6-3-2-5-27(32)23-42-16-4-7-36(42)45/h2-3,5-6,8-13,20-22,30H,4,7,14-19,23H2,1H3,(H,39,43)(H,40,46)/t30-/m1/s1. The second-order valence-corrected chi connectivity index (χ2v) is 12.6. The first-order chi connectivity index (χ1) is 22.7. The van der Waals surface area contributed by atoms with E-state index in [1.54, 1.807) is 12.1 Å². The number of carbonyl (C=O) groups excluding carboxylic acids is 3. The van der Waals surface area contributed by atoms with E-state index in [0.717, 1.165) is 55.7 Å². The van der Waals surface area contributed by atoms with E-state index in [4.69, 9.17) is 16.0 Å². The number of carbonyl (C=O) groups is 3. The first kappa shape index (κ1) is 32.1. The van der Waals surface area contributed by atoms with E-state index in [2.05, 4.69) is 33.7 Å². The number of benzene rings is 3. The summed E-state index contributed by atoms with van der Waals surface area (Å²) in [4.78, 5) is 54.5. The zero-order valence-electron chi connectivity index (χ0n) is 26.3. The van der Waals surface area contributed by atoms with Crippen molar-refractivity contribution in [3.63, 3.8) is 0 Å². The minimum atomic E-state index is -0.492. The van der Waals surface area contributed by atoms with Gasteiger partial charge < -0.3 is 24.9 Å². The van der Waals surface area contributed by atoms with E-state index in [0.29, 0.717) is 30.1 Å². The Kier molecular flexibility index (Phi) is 9.73. The lowest BCUT2D eigenvalue weighted by atomic mass is 9.97. The number of likely N-dealkylation sites (tertiary alicyclic amines) is 1. The number of hydrogen-bond donors (Lipinski definition) is 2. The van der Waals surface area contributed by atoms with Gasteiger partial charge in [-0.1, -0.05) is 53.6 Å². The van der Waals surface area contributed by atoms with Gasteiger partial charge in [0.15, 0.2) is 11.2 Å². The van der Waals surface area contributed by atoms with Crippen molar-refractivity contribution in [2.24, 2.45) is 0 Å². The molecule has 2 saturated heterocycles. The first-order valence-corrected chi connectivity index (χ1v) is 16.3. The largest absolute Gasteiger partial charge is 0.451 e. The molecule has 4 aromatic rings. The maximum Gasteiger partial charge on any atom is 0.287 e. The highest BCUT2D eigenvalue weighted by Crippen LogP contribution is 2.29. The van der Waals surface area contributed by atoms with Crippen molar-refractivity contribution in [3.8, 4) is 0 Å². The fourth-order valence-electron chi connectivity index (χ4n) is 6.33. The van der Waals surface area contributed by atoms with E-state index in [-0.39, 0.29) is 40.0 Å². The van der Waals surface area contributed by atoms with Crippen molar-refractivity contribution in [1.82, 2.24) is 10.2 Å². The molecular weight excluding hydrogens is 616 g/mol. The molecule has 2 aliphatic rings. The molecule has 9 nitrogen and oxygen atoms in total. The molecule has 2 aliphatic heterocycles. The van der Waals surface area contributed by atoms with Crippen LogP contribution in [0.1, 0.15) is 54.3 Å². The SMILES string of the molecule is CC(=O)Nc1ccc2oc(C(=O)N[C@@H](C=C3CCN(c4ccccc4CN4CCCC4=O)CC3)Cc3ccc(Cl)cc3)cc(=O)c2c1. The third kappa shape index (κ3) is 7.92. The van der Waals surface area contributed by atoms with Crippen LogP contribution < -0.4 is 21.0 Å². The predicted molar refractivity (Wildman–Crippen MR) is 184 cm³/mol. The van der Waals surface area contributed by atoms with Crippen LogP contribution in [0.4, 0.5) is 11.4 Å². The van der Waals surface area contributed by atoms with Crippen LogP contribution in [0.15, 0.2) is 93.7 Å². The van der Waals surface area contributed by atoms with Crippen LogP contribution in [-0.4, -0.2) is 48.3 Å². The lowest BCUT2D eigenvalue weighted by molar-refractivity contribution is -0.128. The number of rotatable bonds is 9. The van der Waals surface area contributed by atoms with Crippen molar-refractivity contribution >= 4 is 51.7 Å². The van der Waals surface area contributed by atoms with E-state index >= 15 is 0 Å². The quantitative estimate of drug-likeness (QED) is 0.212. The molecule has 3 heterocycles. The molecule has 1 aromatic heterocycles. The zero-order chi connectivity index (χ0) is 32.9. The van der Waals surface area contributed by atoms with Crippen LogP contribution in [0.3, 0.4) is 0 Å². The summed E-state index contributed by atoms with van der Waals surface area (Å²) in [6.45, 7) is 4.46. The molecule has 10 heteroatoms. The smallest absolute Gasteiger partial charge is 0.287 e. The number of nitrogens with one attached hydrogen (secondary N) is 2. The molecule has 0 bridgehead atoms. The van der Waals surface area contributed by atoms with Crippen LogP contribution >= 0.6 is 11.6 Å². The van der Waals surface area contributed by atoms with Crippen molar-refractivity contribution in [2.75, 3.05) is 29.9 Å². The molecule has 0 spiro atoms. The Bertz CT molecular complexity index is 1890. The van der Waals surface area contributed by atoms with Gasteiger partial charge in [-0.2, -0.15) is 0 Å².